The molecule has 2 amide bonds. The van der Waals surface area contributed by atoms with E-state index in [1.54, 1.807) is 75.4 Å². The van der Waals surface area contributed by atoms with E-state index in [4.69, 9.17) is 34.8 Å². The summed E-state index contributed by atoms with van der Waals surface area (Å²) in [6, 6.07) is 16.5. The first-order valence-corrected chi connectivity index (χ1v) is 14.4. The quantitative estimate of drug-likeness (QED) is 0.325. The third-order valence-corrected chi connectivity index (χ3v) is 8.66. The van der Waals surface area contributed by atoms with Crippen molar-refractivity contribution in [2.24, 2.45) is 0 Å². The molecule has 0 radical (unpaired) electrons. The summed E-state index contributed by atoms with van der Waals surface area (Å²) in [5.74, 6) is -1.02. The van der Waals surface area contributed by atoms with Crippen LogP contribution >= 0.6 is 34.8 Å². The average molecular weight is 597 g/mol. The van der Waals surface area contributed by atoms with Gasteiger partial charge < -0.3 is 10.2 Å². The van der Waals surface area contributed by atoms with Crippen LogP contribution in [0.5, 0.6) is 0 Å². The maximum Gasteiger partial charge on any atom is 0.264 e. The van der Waals surface area contributed by atoms with Crippen molar-refractivity contribution in [3.05, 3.63) is 92.9 Å². The van der Waals surface area contributed by atoms with Crippen molar-refractivity contribution in [3.63, 3.8) is 0 Å². The number of halogens is 3. The zero-order valence-electron chi connectivity index (χ0n) is 21.1. The van der Waals surface area contributed by atoms with E-state index in [0.29, 0.717) is 32.7 Å². The molecule has 0 spiro atoms. The van der Waals surface area contributed by atoms with Crippen molar-refractivity contribution in [1.82, 2.24) is 10.2 Å². The van der Waals surface area contributed by atoms with E-state index in [9.17, 15) is 18.0 Å². The molecule has 1 N–H and O–H groups in total. The van der Waals surface area contributed by atoms with Crippen LogP contribution in [-0.2, 0) is 26.2 Å². The molecule has 1 unspecified atom stereocenters. The summed E-state index contributed by atoms with van der Waals surface area (Å²) in [6.45, 7) is 4.71. The molecule has 0 saturated heterocycles. The van der Waals surface area contributed by atoms with Crippen molar-refractivity contribution < 1.29 is 18.0 Å². The van der Waals surface area contributed by atoms with Gasteiger partial charge in [0, 0.05) is 33.7 Å². The number of hydrogen-bond acceptors (Lipinski definition) is 4. The Labute approximate surface area is 238 Å². The van der Waals surface area contributed by atoms with Gasteiger partial charge in [0.2, 0.25) is 11.8 Å². The summed E-state index contributed by atoms with van der Waals surface area (Å²) in [5.41, 5.74) is 1.29. The average Bonchev–Trinajstić information content (AvgIpc) is 2.87. The fourth-order valence-corrected chi connectivity index (χ4v) is 6.13. The SMILES string of the molecule is CCNC(=O)C(C)N(Cc1c(Cl)cccc1Cl)C(=O)CN(c1ccc(Cl)cc1C)S(=O)(=O)c1ccccc1. The molecule has 3 rings (SSSR count). The molecule has 1 atom stereocenters. The molecule has 0 aliphatic rings. The standard InChI is InChI=1S/C27H28Cl3N3O4S/c1-4-31-27(35)19(3)32(16-22-23(29)11-8-12-24(22)30)26(34)17-33(25-14-13-20(28)15-18(25)2)38(36,37)21-9-6-5-7-10-21/h5-15,19H,4,16-17H2,1-3H3,(H,31,35). The van der Waals surface area contributed by atoms with Gasteiger partial charge in [-0.2, -0.15) is 0 Å². The van der Waals surface area contributed by atoms with Crippen LogP contribution in [0.4, 0.5) is 5.69 Å². The largest absolute Gasteiger partial charge is 0.355 e. The first kappa shape index (κ1) is 29.8. The number of hydrogen-bond donors (Lipinski definition) is 1. The van der Waals surface area contributed by atoms with Crippen LogP contribution in [0, 0.1) is 6.92 Å². The maximum absolute atomic E-state index is 13.9. The second-order valence-corrected chi connectivity index (χ2v) is 11.7. The molecule has 0 bridgehead atoms. The minimum Gasteiger partial charge on any atom is -0.355 e. The number of aryl methyl sites for hydroxylation is 1. The lowest BCUT2D eigenvalue weighted by Crippen LogP contribution is -2.51. The van der Waals surface area contributed by atoms with Crippen LogP contribution in [0.1, 0.15) is 25.0 Å². The molecule has 0 fully saturated rings. The predicted octanol–water partition coefficient (Wildman–Crippen LogP) is 5.70. The highest BCUT2D eigenvalue weighted by Gasteiger charge is 2.33. The number of carbonyl (C=O) groups is 2. The van der Waals surface area contributed by atoms with Crippen LogP contribution in [0.15, 0.2) is 71.6 Å². The van der Waals surface area contributed by atoms with E-state index >= 15 is 0 Å². The summed E-state index contributed by atoms with van der Waals surface area (Å²) in [4.78, 5) is 28.0. The maximum atomic E-state index is 13.9. The first-order valence-electron chi connectivity index (χ1n) is 11.8. The zero-order chi connectivity index (χ0) is 28.0. The molecule has 3 aromatic carbocycles. The molecule has 202 valence electrons. The van der Waals surface area contributed by atoms with Gasteiger partial charge in [-0.25, -0.2) is 8.42 Å². The molecular weight excluding hydrogens is 569 g/mol. The Bertz CT molecular complexity index is 1400. The van der Waals surface area contributed by atoms with Gasteiger partial charge in [0.15, 0.2) is 0 Å². The normalized spacial score (nSPS) is 12.1. The Kier molecular flexibility index (Phi) is 10.1. The van der Waals surface area contributed by atoms with Gasteiger partial charge in [-0.1, -0.05) is 59.1 Å². The summed E-state index contributed by atoms with van der Waals surface area (Å²) in [5, 5.41) is 3.77. The van der Waals surface area contributed by atoms with Crippen LogP contribution in [0.25, 0.3) is 0 Å². The number of amides is 2. The number of benzene rings is 3. The van der Waals surface area contributed by atoms with E-state index < -0.39 is 34.4 Å². The van der Waals surface area contributed by atoms with E-state index in [1.165, 1.54) is 17.0 Å². The number of nitrogens with zero attached hydrogens (tertiary/aromatic N) is 2. The highest BCUT2D eigenvalue weighted by molar-refractivity contribution is 7.92. The summed E-state index contributed by atoms with van der Waals surface area (Å²) in [6.07, 6.45) is 0. The molecule has 0 aromatic heterocycles. The third-order valence-electron chi connectivity index (χ3n) is 5.95. The van der Waals surface area contributed by atoms with Gasteiger partial charge in [0.25, 0.3) is 10.0 Å². The molecule has 0 saturated carbocycles. The van der Waals surface area contributed by atoms with Gasteiger partial charge in [-0.05, 0) is 68.8 Å². The zero-order valence-corrected chi connectivity index (χ0v) is 24.2. The molecule has 38 heavy (non-hydrogen) atoms. The van der Waals surface area contributed by atoms with Gasteiger partial charge in [0.05, 0.1) is 10.6 Å². The molecule has 3 aromatic rings. The Balaban J connectivity index is 2.09. The minimum atomic E-state index is -4.17. The van der Waals surface area contributed by atoms with Gasteiger partial charge in [-0.15, -0.1) is 0 Å². The fraction of sp³-hybridized carbons (Fsp3) is 0.259. The third kappa shape index (κ3) is 6.80. The smallest absolute Gasteiger partial charge is 0.264 e. The summed E-state index contributed by atoms with van der Waals surface area (Å²) in [7, 11) is -4.17. The van der Waals surface area contributed by atoms with Crippen LogP contribution in [-0.4, -0.2) is 44.3 Å². The summed E-state index contributed by atoms with van der Waals surface area (Å²) >= 11 is 18.9. The lowest BCUT2D eigenvalue weighted by Gasteiger charge is -2.32. The van der Waals surface area contributed by atoms with Gasteiger partial charge in [-0.3, -0.25) is 13.9 Å². The second-order valence-electron chi connectivity index (χ2n) is 8.55. The first-order chi connectivity index (χ1) is 18.0. The highest BCUT2D eigenvalue weighted by Crippen LogP contribution is 2.30. The molecule has 11 heteroatoms. The van der Waals surface area contributed by atoms with Crippen molar-refractivity contribution in [2.45, 2.75) is 38.3 Å². The topological polar surface area (TPSA) is 86.8 Å². The number of nitrogens with one attached hydrogen (secondary N) is 1. The Morgan fingerprint density at radius 1 is 0.947 bits per heavy atom. The van der Waals surface area contributed by atoms with E-state index in [-0.39, 0.29) is 17.1 Å². The second kappa shape index (κ2) is 12.8. The van der Waals surface area contributed by atoms with Crippen LogP contribution < -0.4 is 9.62 Å². The monoisotopic (exact) mass is 595 g/mol. The number of sulfonamides is 1. The lowest BCUT2D eigenvalue weighted by atomic mass is 10.1. The minimum absolute atomic E-state index is 0.0135. The highest BCUT2D eigenvalue weighted by atomic mass is 35.5. The van der Waals surface area contributed by atoms with Crippen LogP contribution in [0.2, 0.25) is 15.1 Å². The lowest BCUT2D eigenvalue weighted by molar-refractivity contribution is -0.139. The van der Waals surface area contributed by atoms with Crippen molar-refractivity contribution in [1.29, 1.82) is 0 Å². The van der Waals surface area contributed by atoms with Crippen molar-refractivity contribution >= 4 is 62.3 Å². The fourth-order valence-electron chi connectivity index (χ4n) is 3.89. The predicted molar refractivity (Wildman–Crippen MR) is 152 cm³/mol. The van der Waals surface area contributed by atoms with E-state index in [0.717, 1.165) is 4.31 Å². The molecular formula is C27H28Cl3N3O4S. The number of carbonyl (C=O) groups excluding carboxylic acids is 2. The molecule has 0 aliphatic carbocycles. The summed E-state index contributed by atoms with van der Waals surface area (Å²) < 4.78 is 28.6. The number of rotatable bonds is 10. The van der Waals surface area contributed by atoms with Gasteiger partial charge >= 0.3 is 0 Å². The van der Waals surface area contributed by atoms with Crippen LogP contribution in [0.3, 0.4) is 0 Å². The van der Waals surface area contributed by atoms with Crippen molar-refractivity contribution in [2.75, 3.05) is 17.4 Å². The number of likely N-dealkylation sites (N-methyl/N-ethyl adjacent to an activating group) is 1. The molecule has 0 aliphatic heterocycles. The van der Waals surface area contributed by atoms with Crippen molar-refractivity contribution in [3.8, 4) is 0 Å². The Morgan fingerprint density at radius 2 is 1.58 bits per heavy atom. The Hall–Kier alpha value is -2.78. The van der Waals surface area contributed by atoms with Gasteiger partial charge in [0.1, 0.15) is 12.6 Å². The molecule has 0 heterocycles. The Morgan fingerprint density at radius 3 is 2.16 bits per heavy atom. The number of anilines is 1. The molecule has 7 nitrogen and oxygen atoms in total. The van der Waals surface area contributed by atoms with E-state index in [1.807, 2.05) is 0 Å². The van der Waals surface area contributed by atoms with E-state index in [2.05, 4.69) is 5.32 Å².